The van der Waals surface area contributed by atoms with Crippen molar-refractivity contribution in [2.24, 2.45) is 5.73 Å². The average molecular weight is 211 g/mol. The molecule has 1 fully saturated rings. The molecular weight excluding hydrogens is 194 g/mol. The van der Waals surface area contributed by atoms with E-state index >= 15 is 0 Å². The van der Waals surface area contributed by atoms with E-state index in [1.165, 1.54) is 24.4 Å². The smallest absolute Gasteiger partial charge is 0.0968 e. The zero-order chi connectivity index (χ0) is 9.80. The monoisotopic (exact) mass is 211 g/mol. The molecular formula is C10H17N3S. The SMILES string of the molecule is NCCN1CCCC(c2nccs2)C1. The molecule has 4 heteroatoms. The normalized spacial score (nSPS) is 23.9. The van der Waals surface area contributed by atoms with Gasteiger partial charge in [0.25, 0.3) is 0 Å². The van der Waals surface area contributed by atoms with Gasteiger partial charge >= 0.3 is 0 Å². The standard InChI is InChI=1S/C10H17N3S/c11-3-6-13-5-1-2-9(8-13)10-12-4-7-14-10/h4,7,9H,1-3,5-6,8,11H2. The van der Waals surface area contributed by atoms with Crippen LogP contribution < -0.4 is 5.73 Å². The van der Waals surface area contributed by atoms with E-state index in [0.717, 1.165) is 19.6 Å². The molecule has 1 aliphatic rings. The molecule has 1 atom stereocenters. The van der Waals surface area contributed by atoms with Gasteiger partial charge in [0.15, 0.2) is 0 Å². The maximum atomic E-state index is 5.57. The van der Waals surface area contributed by atoms with Crippen molar-refractivity contribution >= 4 is 11.3 Å². The summed E-state index contributed by atoms with van der Waals surface area (Å²) in [6.45, 7) is 4.15. The van der Waals surface area contributed by atoms with Crippen LogP contribution in [0.2, 0.25) is 0 Å². The minimum Gasteiger partial charge on any atom is -0.329 e. The van der Waals surface area contributed by atoms with Gasteiger partial charge in [0, 0.05) is 37.1 Å². The summed E-state index contributed by atoms with van der Waals surface area (Å²) in [6.07, 6.45) is 4.47. The van der Waals surface area contributed by atoms with Gasteiger partial charge in [-0.15, -0.1) is 11.3 Å². The van der Waals surface area contributed by atoms with Crippen LogP contribution in [0.15, 0.2) is 11.6 Å². The van der Waals surface area contributed by atoms with E-state index < -0.39 is 0 Å². The topological polar surface area (TPSA) is 42.1 Å². The van der Waals surface area contributed by atoms with E-state index in [1.54, 1.807) is 11.3 Å². The second kappa shape index (κ2) is 4.87. The Morgan fingerprint density at radius 2 is 2.57 bits per heavy atom. The molecule has 78 valence electrons. The molecule has 0 aliphatic carbocycles. The maximum absolute atomic E-state index is 5.57. The van der Waals surface area contributed by atoms with Gasteiger partial charge in [0.2, 0.25) is 0 Å². The number of nitrogens with zero attached hydrogens (tertiary/aromatic N) is 2. The predicted molar refractivity (Wildman–Crippen MR) is 59.6 cm³/mol. The summed E-state index contributed by atoms with van der Waals surface area (Å²) in [7, 11) is 0. The molecule has 0 amide bonds. The number of likely N-dealkylation sites (tertiary alicyclic amines) is 1. The Bertz CT molecular complexity index is 258. The van der Waals surface area contributed by atoms with E-state index in [4.69, 9.17) is 5.73 Å². The second-order valence-corrected chi connectivity index (χ2v) is 4.72. The highest BCUT2D eigenvalue weighted by Gasteiger charge is 2.22. The van der Waals surface area contributed by atoms with Crippen LogP contribution in [-0.2, 0) is 0 Å². The highest BCUT2D eigenvalue weighted by atomic mass is 32.1. The predicted octanol–water partition coefficient (Wildman–Crippen LogP) is 1.28. The van der Waals surface area contributed by atoms with Crippen LogP contribution >= 0.6 is 11.3 Å². The second-order valence-electron chi connectivity index (χ2n) is 3.80. The Labute approximate surface area is 88.9 Å². The Morgan fingerprint density at radius 1 is 1.64 bits per heavy atom. The first-order valence-corrected chi connectivity index (χ1v) is 6.10. The van der Waals surface area contributed by atoms with Gasteiger partial charge in [0.1, 0.15) is 0 Å². The molecule has 3 nitrogen and oxygen atoms in total. The highest BCUT2D eigenvalue weighted by molar-refractivity contribution is 7.09. The third kappa shape index (κ3) is 2.32. The zero-order valence-electron chi connectivity index (χ0n) is 8.35. The summed E-state index contributed by atoms with van der Waals surface area (Å²) >= 11 is 1.78. The van der Waals surface area contributed by atoms with Gasteiger partial charge < -0.3 is 10.6 Å². The summed E-state index contributed by atoms with van der Waals surface area (Å²) in [6, 6.07) is 0. The number of aromatic nitrogens is 1. The Hall–Kier alpha value is -0.450. The first-order chi connectivity index (χ1) is 6.90. The van der Waals surface area contributed by atoms with Crippen molar-refractivity contribution in [1.82, 2.24) is 9.88 Å². The maximum Gasteiger partial charge on any atom is 0.0968 e. The number of hydrogen-bond donors (Lipinski definition) is 1. The third-order valence-corrected chi connectivity index (χ3v) is 3.69. The fourth-order valence-corrected chi connectivity index (χ4v) is 2.85. The number of piperidine rings is 1. The molecule has 1 aromatic rings. The van der Waals surface area contributed by atoms with Gasteiger partial charge in [-0.25, -0.2) is 4.98 Å². The van der Waals surface area contributed by atoms with E-state index in [9.17, 15) is 0 Å². The molecule has 1 aromatic heterocycles. The van der Waals surface area contributed by atoms with Crippen LogP contribution in [0.5, 0.6) is 0 Å². The summed E-state index contributed by atoms with van der Waals surface area (Å²) in [5.74, 6) is 0.648. The molecule has 0 saturated carbocycles. The van der Waals surface area contributed by atoms with Crippen LogP contribution in [0.25, 0.3) is 0 Å². The fraction of sp³-hybridized carbons (Fsp3) is 0.700. The summed E-state index contributed by atoms with van der Waals surface area (Å²) < 4.78 is 0. The third-order valence-electron chi connectivity index (χ3n) is 2.75. The number of hydrogen-bond acceptors (Lipinski definition) is 4. The molecule has 14 heavy (non-hydrogen) atoms. The molecule has 1 saturated heterocycles. The molecule has 0 bridgehead atoms. The van der Waals surface area contributed by atoms with Gasteiger partial charge in [-0.3, -0.25) is 0 Å². The number of thiazole rings is 1. The van der Waals surface area contributed by atoms with Crippen molar-refractivity contribution in [3.63, 3.8) is 0 Å². The summed E-state index contributed by atoms with van der Waals surface area (Å²) in [5, 5.41) is 3.36. The van der Waals surface area contributed by atoms with E-state index in [2.05, 4.69) is 15.3 Å². The highest BCUT2D eigenvalue weighted by Crippen LogP contribution is 2.27. The average Bonchev–Trinajstić information content (AvgIpc) is 2.71. The van der Waals surface area contributed by atoms with Crippen LogP contribution in [-0.4, -0.2) is 36.1 Å². The van der Waals surface area contributed by atoms with Crippen molar-refractivity contribution in [1.29, 1.82) is 0 Å². The summed E-state index contributed by atoms with van der Waals surface area (Å²) in [4.78, 5) is 6.85. The first-order valence-electron chi connectivity index (χ1n) is 5.22. The molecule has 0 aromatic carbocycles. The molecule has 2 heterocycles. The number of rotatable bonds is 3. The van der Waals surface area contributed by atoms with Crippen molar-refractivity contribution in [2.45, 2.75) is 18.8 Å². The van der Waals surface area contributed by atoms with Gasteiger partial charge in [-0.2, -0.15) is 0 Å². The van der Waals surface area contributed by atoms with Crippen molar-refractivity contribution < 1.29 is 0 Å². The quantitative estimate of drug-likeness (QED) is 0.819. The van der Waals surface area contributed by atoms with E-state index in [1.807, 2.05) is 6.20 Å². The minimum absolute atomic E-state index is 0.648. The number of nitrogens with two attached hydrogens (primary N) is 1. The zero-order valence-corrected chi connectivity index (χ0v) is 9.17. The largest absolute Gasteiger partial charge is 0.329 e. The first kappa shape index (κ1) is 10.1. The molecule has 1 unspecified atom stereocenters. The summed E-state index contributed by atoms with van der Waals surface area (Å²) in [5.41, 5.74) is 5.57. The van der Waals surface area contributed by atoms with Crippen LogP contribution in [0.4, 0.5) is 0 Å². The van der Waals surface area contributed by atoms with E-state index in [-0.39, 0.29) is 0 Å². The molecule has 0 radical (unpaired) electrons. The Balaban J connectivity index is 1.94. The van der Waals surface area contributed by atoms with Crippen molar-refractivity contribution in [2.75, 3.05) is 26.2 Å². The Kier molecular flexibility index (Phi) is 3.50. The molecule has 1 aliphatic heterocycles. The van der Waals surface area contributed by atoms with Crippen LogP contribution in [0.1, 0.15) is 23.8 Å². The van der Waals surface area contributed by atoms with Crippen molar-refractivity contribution in [3.8, 4) is 0 Å². The lowest BCUT2D eigenvalue weighted by atomic mass is 9.99. The molecule has 2 N–H and O–H groups in total. The van der Waals surface area contributed by atoms with Gasteiger partial charge in [-0.1, -0.05) is 0 Å². The minimum atomic E-state index is 0.648. The molecule has 0 spiro atoms. The lowest BCUT2D eigenvalue weighted by Gasteiger charge is -2.31. The fourth-order valence-electron chi connectivity index (χ4n) is 2.08. The van der Waals surface area contributed by atoms with Gasteiger partial charge in [0.05, 0.1) is 5.01 Å². The lowest BCUT2D eigenvalue weighted by Crippen LogP contribution is -2.37. The van der Waals surface area contributed by atoms with Crippen LogP contribution in [0.3, 0.4) is 0 Å². The van der Waals surface area contributed by atoms with Gasteiger partial charge in [-0.05, 0) is 19.4 Å². The Morgan fingerprint density at radius 3 is 3.29 bits per heavy atom. The molecule has 2 rings (SSSR count). The van der Waals surface area contributed by atoms with Crippen molar-refractivity contribution in [3.05, 3.63) is 16.6 Å². The lowest BCUT2D eigenvalue weighted by molar-refractivity contribution is 0.213. The van der Waals surface area contributed by atoms with E-state index in [0.29, 0.717) is 5.92 Å². The van der Waals surface area contributed by atoms with Crippen LogP contribution in [0, 0.1) is 0 Å².